The van der Waals surface area contributed by atoms with E-state index in [9.17, 15) is 4.79 Å². The van der Waals surface area contributed by atoms with E-state index in [1.165, 1.54) is 11.3 Å². The van der Waals surface area contributed by atoms with Crippen LogP contribution in [0.2, 0.25) is 0 Å². The first-order valence-electron chi connectivity index (χ1n) is 7.95. The molecule has 0 fully saturated rings. The molecule has 126 valence electrons. The Morgan fingerprint density at radius 3 is 2.30 bits per heavy atom. The van der Waals surface area contributed by atoms with Crippen LogP contribution in [0.15, 0.2) is 17.8 Å². The van der Waals surface area contributed by atoms with Crippen LogP contribution in [0.1, 0.15) is 59.0 Å². The van der Waals surface area contributed by atoms with E-state index in [2.05, 4.69) is 30.9 Å². The molecule has 6 heteroatoms. The molecule has 0 aliphatic heterocycles. The van der Waals surface area contributed by atoms with Gasteiger partial charge in [-0.05, 0) is 48.5 Å². The van der Waals surface area contributed by atoms with Gasteiger partial charge >= 0.3 is 0 Å². The molecule has 5 nitrogen and oxygen atoms in total. The van der Waals surface area contributed by atoms with Crippen LogP contribution in [0, 0.1) is 0 Å². The summed E-state index contributed by atoms with van der Waals surface area (Å²) in [5, 5.41) is 7.06. The number of carbonyl (C=O) groups excluding carboxylic acids is 1. The minimum atomic E-state index is -0.0692. The van der Waals surface area contributed by atoms with Gasteiger partial charge in [-0.25, -0.2) is 4.98 Å². The smallest absolute Gasteiger partial charge is 0.273 e. The summed E-state index contributed by atoms with van der Waals surface area (Å²) in [4.78, 5) is 19.1. The molecule has 0 unspecified atom stereocenters. The fourth-order valence-electron chi connectivity index (χ4n) is 2.50. The number of nitrogens with zero attached hydrogens (tertiary/aromatic N) is 4. The molecule has 2 aromatic rings. The molecule has 1 amide bonds. The highest BCUT2D eigenvalue weighted by atomic mass is 32.1. The van der Waals surface area contributed by atoms with Gasteiger partial charge in [0.15, 0.2) is 0 Å². The largest absolute Gasteiger partial charge is 0.332 e. The monoisotopic (exact) mass is 334 g/mol. The Labute approximate surface area is 142 Å². The van der Waals surface area contributed by atoms with E-state index >= 15 is 0 Å². The van der Waals surface area contributed by atoms with E-state index in [1.54, 1.807) is 6.20 Å². The zero-order valence-corrected chi connectivity index (χ0v) is 15.8. The Morgan fingerprint density at radius 1 is 1.22 bits per heavy atom. The Kier molecular flexibility index (Phi) is 4.94. The minimum absolute atomic E-state index is 0.0132. The van der Waals surface area contributed by atoms with E-state index in [1.807, 2.05) is 48.9 Å². The lowest BCUT2D eigenvalue weighted by Crippen LogP contribution is -2.42. The van der Waals surface area contributed by atoms with Crippen molar-refractivity contribution in [1.82, 2.24) is 19.7 Å². The van der Waals surface area contributed by atoms with Crippen molar-refractivity contribution in [2.75, 3.05) is 0 Å². The van der Waals surface area contributed by atoms with Crippen molar-refractivity contribution in [1.29, 1.82) is 0 Å². The van der Waals surface area contributed by atoms with Crippen LogP contribution in [-0.2, 0) is 5.54 Å². The summed E-state index contributed by atoms with van der Waals surface area (Å²) >= 11 is 1.48. The molecule has 2 heterocycles. The normalized spacial score (nSPS) is 12.2. The molecule has 0 N–H and O–H groups in total. The van der Waals surface area contributed by atoms with Gasteiger partial charge in [0.05, 0.1) is 11.7 Å². The highest BCUT2D eigenvalue weighted by molar-refractivity contribution is 7.13. The number of hydrogen-bond acceptors (Lipinski definition) is 4. The lowest BCUT2D eigenvalue weighted by Gasteiger charge is -2.30. The van der Waals surface area contributed by atoms with E-state index in [0.717, 1.165) is 10.6 Å². The molecule has 0 saturated carbocycles. The second kappa shape index (κ2) is 6.43. The summed E-state index contributed by atoms with van der Waals surface area (Å²) in [5.74, 6) is -0.0132. The molecule has 2 rings (SSSR count). The third-order valence-electron chi connectivity index (χ3n) is 3.59. The number of carbonyl (C=O) groups is 1. The van der Waals surface area contributed by atoms with Crippen molar-refractivity contribution in [2.24, 2.45) is 0 Å². The number of rotatable bonds is 4. The zero-order chi connectivity index (χ0) is 17.4. The topological polar surface area (TPSA) is 51.0 Å². The fraction of sp³-hybridized carbons (Fsp3) is 0.588. The Morgan fingerprint density at radius 2 is 1.83 bits per heavy atom. The molecule has 23 heavy (non-hydrogen) atoms. The number of aromatic nitrogens is 3. The van der Waals surface area contributed by atoms with Crippen molar-refractivity contribution >= 4 is 17.2 Å². The third-order valence-corrected chi connectivity index (χ3v) is 4.48. The fourth-order valence-corrected chi connectivity index (χ4v) is 3.27. The molecular formula is C17H26N4OS. The Balaban J connectivity index is 2.27. The molecule has 0 radical (unpaired) electrons. The first kappa shape index (κ1) is 17.7. The maximum Gasteiger partial charge on any atom is 0.273 e. The van der Waals surface area contributed by atoms with E-state index in [0.29, 0.717) is 5.69 Å². The highest BCUT2D eigenvalue weighted by Crippen LogP contribution is 2.26. The van der Waals surface area contributed by atoms with Gasteiger partial charge in [0.2, 0.25) is 0 Å². The lowest BCUT2D eigenvalue weighted by atomic mass is 10.1. The van der Waals surface area contributed by atoms with Gasteiger partial charge in [-0.1, -0.05) is 0 Å². The zero-order valence-electron chi connectivity index (χ0n) is 15.0. The van der Waals surface area contributed by atoms with Crippen molar-refractivity contribution in [2.45, 2.75) is 66.1 Å². The molecule has 0 atom stereocenters. The molecular weight excluding hydrogens is 308 g/mol. The average molecular weight is 334 g/mol. The second-order valence-electron chi connectivity index (χ2n) is 7.28. The maximum absolute atomic E-state index is 12.7. The molecule has 0 aromatic carbocycles. The van der Waals surface area contributed by atoms with Crippen molar-refractivity contribution in [3.05, 3.63) is 23.5 Å². The lowest BCUT2D eigenvalue weighted by molar-refractivity contribution is 0.0638. The van der Waals surface area contributed by atoms with Gasteiger partial charge in [-0.15, -0.1) is 11.3 Å². The van der Waals surface area contributed by atoms with E-state index in [4.69, 9.17) is 0 Å². The number of hydrogen-bond donors (Lipinski definition) is 0. The molecule has 0 aliphatic carbocycles. The summed E-state index contributed by atoms with van der Waals surface area (Å²) in [6.45, 7) is 14.4. The van der Waals surface area contributed by atoms with Gasteiger partial charge in [0.1, 0.15) is 10.7 Å². The number of thiazole rings is 1. The van der Waals surface area contributed by atoms with Gasteiger partial charge < -0.3 is 4.90 Å². The van der Waals surface area contributed by atoms with Gasteiger partial charge in [0.25, 0.3) is 5.91 Å². The van der Waals surface area contributed by atoms with E-state index in [-0.39, 0.29) is 23.5 Å². The van der Waals surface area contributed by atoms with Crippen LogP contribution in [-0.4, -0.2) is 37.7 Å². The average Bonchev–Trinajstić information content (AvgIpc) is 3.06. The predicted molar refractivity (Wildman–Crippen MR) is 94.8 cm³/mol. The standard InChI is InChI=1S/C17H26N4OS/c1-11(2)21(12(3)4)16(22)14-10-23-15(19-14)13-8-18-20(9-13)17(5,6)7/h8-12H,1-7H3. The van der Waals surface area contributed by atoms with E-state index < -0.39 is 0 Å². The Bertz CT molecular complexity index is 671. The van der Waals surface area contributed by atoms with Crippen LogP contribution >= 0.6 is 11.3 Å². The minimum Gasteiger partial charge on any atom is -0.332 e. The van der Waals surface area contributed by atoms with Gasteiger partial charge in [-0.3, -0.25) is 9.48 Å². The van der Waals surface area contributed by atoms with Gasteiger partial charge in [0, 0.05) is 29.2 Å². The van der Waals surface area contributed by atoms with Crippen LogP contribution in [0.25, 0.3) is 10.6 Å². The van der Waals surface area contributed by atoms with Crippen molar-refractivity contribution in [3.63, 3.8) is 0 Å². The quantitative estimate of drug-likeness (QED) is 0.848. The summed E-state index contributed by atoms with van der Waals surface area (Å²) in [5.41, 5.74) is 1.39. The molecule has 2 aromatic heterocycles. The van der Waals surface area contributed by atoms with Crippen LogP contribution in [0.5, 0.6) is 0 Å². The first-order chi connectivity index (χ1) is 10.6. The van der Waals surface area contributed by atoms with Crippen LogP contribution in [0.4, 0.5) is 0 Å². The highest BCUT2D eigenvalue weighted by Gasteiger charge is 2.24. The van der Waals surface area contributed by atoms with Crippen molar-refractivity contribution in [3.8, 4) is 10.6 Å². The summed E-state index contributed by atoms with van der Waals surface area (Å²) in [6.07, 6.45) is 3.79. The third kappa shape index (κ3) is 3.80. The first-order valence-corrected chi connectivity index (χ1v) is 8.83. The van der Waals surface area contributed by atoms with Crippen molar-refractivity contribution < 1.29 is 4.79 Å². The SMILES string of the molecule is CC(C)N(C(=O)c1csc(-c2cnn(C(C)(C)C)c2)n1)C(C)C. The van der Waals surface area contributed by atoms with Crippen LogP contribution in [0.3, 0.4) is 0 Å². The molecule has 0 bridgehead atoms. The number of amides is 1. The molecule has 0 saturated heterocycles. The maximum atomic E-state index is 12.7. The predicted octanol–water partition coefficient (Wildman–Crippen LogP) is 4.02. The summed E-state index contributed by atoms with van der Waals surface area (Å²) in [7, 11) is 0. The van der Waals surface area contributed by atoms with Crippen LogP contribution < -0.4 is 0 Å². The summed E-state index contributed by atoms with van der Waals surface area (Å²) in [6, 6.07) is 0.299. The molecule has 0 spiro atoms. The van der Waals surface area contributed by atoms with Gasteiger partial charge in [-0.2, -0.15) is 5.10 Å². The second-order valence-corrected chi connectivity index (χ2v) is 8.14. The summed E-state index contributed by atoms with van der Waals surface area (Å²) < 4.78 is 1.92. The Hall–Kier alpha value is -1.69. The molecule has 0 aliphatic rings.